The quantitative estimate of drug-likeness (QED) is 0.320. The summed E-state index contributed by atoms with van der Waals surface area (Å²) in [6.07, 6.45) is 12.2. The van der Waals surface area contributed by atoms with E-state index in [4.69, 9.17) is 9.47 Å². The van der Waals surface area contributed by atoms with Crippen molar-refractivity contribution in [1.82, 2.24) is 0 Å². The molecule has 0 heterocycles. The summed E-state index contributed by atoms with van der Waals surface area (Å²) >= 11 is 0. The van der Waals surface area contributed by atoms with E-state index in [2.05, 4.69) is 38.7 Å². The van der Waals surface area contributed by atoms with E-state index in [1.165, 1.54) is 0 Å². The summed E-state index contributed by atoms with van der Waals surface area (Å²) in [7, 11) is 0. The maximum absolute atomic E-state index is 5.57. The van der Waals surface area contributed by atoms with E-state index >= 15 is 0 Å². The van der Waals surface area contributed by atoms with Crippen LogP contribution in [0, 0.1) is 11.8 Å². The first-order valence-corrected chi connectivity index (χ1v) is 7.46. The van der Waals surface area contributed by atoms with Gasteiger partial charge in [0, 0.05) is 0 Å². The van der Waals surface area contributed by atoms with Gasteiger partial charge < -0.3 is 9.47 Å². The Bertz CT molecular complexity index is 293. The van der Waals surface area contributed by atoms with Crippen LogP contribution >= 0.6 is 0 Å². The van der Waals surface area contributed by atoms with Crippen molar-refractivity contribution >= 4 is 0 Å². The maximum Gasteiger partial charge on any atom is 0.287 e. The Balaban J connectivity index is 4.18. The van der Waals surface area contributed by atoms with Crippen LogP contribution in [0.1, 0.15) is 59.3 Å². The molecule has 0 bridgehead atoms. The molecule has 2 nitrogen and oxygen atoms in total. The Labute approximate surface area is 118 Å². The molecule has 0 radical (unpaired) electrons. The van der Waals surface area contributed by atoms with Gasteiger partial charge in [-0.15, -0.1) is 0 Å². The highest BCUT2D eigenvalue weighted by atomic mass is 16.7. The number of rotatable bonds is 10. The summed E-state index contributed by atoms with van der Waals surface area (Å²) in [5.74, 6) is 6.47. The van der Waals surface area contributed by atoms with E-state index < -0.39 is 0 Å². The molecule has 0 fully saturated rings. The Hall–Kier alpha value is -1.36. The molecule has 2 heteroatoms. The largest absolute Gasteiger partial charge is 0.465 e. The summed E-state index contributed by atoms with van der Waals surface area (Å²) < 4.78 is 11.1. The van der Waals surface area contributed by atoms with Crippen LogP contribution in [0.4, 0.5) is 0 Å². The van der Waals surface area contributed by atoms with Crippen molar-refractivity contribution in [1.29, 1.82) is 0 Å². The van der Waals surface area contributed by atoms with Gasteiger partial charge in [-0.2, -0.15) is 0 Å². The summed E-state index contributed by atoms with van der Waals surface area (Å²) in [5, 5.41) is 0. The molecule has 0 unspecified atom stereocenters. The van der Waals surface area contributed by atoms with E-state index in [1.807, 2.05) is 6.08 Å². The lowest BCUT2D eigenvalue weighted by Crippen LogP contribution is -2.01. The van der Waals surface area contributed by atoms with Crippen LogP contribution in [0.5, 0.6) is 0 Å². The normalized spacial score (nSPS) is 9.84. The van der Waals surface area contributed by atoms with Gasteiger partial charge in [0.2, 0.25) is 0 Å². The number of ether oxygens (including phenoxy) is 2. The first kappa shape index (κ1) is 17.6. The predicted octanol–water partition coefficient (Wildman–Crippen LogP) is 4.82. The SMILES string of the molecule is CCC/C=C/C#CC=C(OCCCC)OCCCC. The van der Waals surface area contributed by atoms with Gasteiger partial charge in [0.15, 0.2) is 0 Å². The number of hydrogen-bond acceptors (Lipinski definition) is 2. The zero-order valence-corrected chi connectivity index (χ0v) is 12.7. The van der Waals surface area contributed by atoms with E-state index in [0.29, 0.717) is 19.2 Å². The van der Waals surface area contributed by atoms with Crippen molar-refractivity contribution in [3.05, 3.63) is 24.2 Å². The zero-order chi connectivity index (χ0) is 14.2. The number of allylic oxidation sites excluding steroid dienone is 3. The molecule has 0 atom stereocenters. The smallest absolute Gasteiger partial charge is 0.287 e. The Morgan fingerprint density at radius 2 is 1.53 bits per heavy atom. The molecule has 0 aliphatic rings. The first-order valence-electron chi connectivity index (χ1n) is 7.46. The highest BCUT2D eigenvalue weighted by Gasteiger charge is 1.97. The van der Waals surface area contributed by atoms with Gasteiger partial charge in [-0.3, -0.25) is 0 Å². The van der Waals surface area contributed by atoms with Crippen LogP contribution in [-0.2, 0) is 9.47 Å². The van der Waals surface area contributed by atoms with Gasteiger partial charge in [-0.05, 0) is 25.3 Å². The van der Waals surface area contributed by atoms with Crippen LogP contribution in [-0.4, -0.2) is 13.2 Å². The van der Waals surface area contributed by atoms with Gasteiger partial charge in [-0.1, -0.05) is 58.0 Å². The second-order valence-electron chi connectivity index (χ2n) is 4.35. The minimum Gasteiger partial charge on any atom is -0.465 e. The van der Waals surface area contributed by atoms with Gasteiger partial charge in [0.25, 0.3) is 5.95 Å². The zero-order valence-electron chi connectivity index (χ0n) is 12.7. The summed E-state index contributed by atoms with van der Waals surface area (Å²) in [6.45, 7) is 7.83. The third-order valence-corrected chi connectivity index (χ3v) is 2.41. The van der Waals surface area contributed by atoms with Gasteiger partial charge in [0.05, 0.1) is 19.3 Å². The van der Waals surface area contributed by atoms with Crippen molar-refractivity contribution < 1.29 is 9.47 Å². The molecule has 0 aliphatic heterocycles. The van der Waals surface area contributed by atoms with Gasteiger partial charge in [-0.25, -0.2) is 0 Å². The van der Waals surface area contributed by atoms with Crippen LogP contribution < -0.4 is 0 Å². The van der Waals surface area contributed by atoms with Crippen molar-refractivity contribution in [3.63, 3.8) is 0 Å². The molecule has 0 aromatic rings. The Morgan fingerprint density at radius 1 is 0.895 bits per heavy atom. The predicted molar refractivity (Wildman–Crippen MR) is 81.6 cm³/mol. The van der Waals surface area contributed by atoms with Gasteiger partial charge in [0.1, 0.15) is 0 Å². The first-order chi connectivity index (χ1) is 9.35. The molecular formula is C17H28O2. The lowest BCUT2D eigenvalue weighted by molar-refractivity contribution is 0.0334. The monoisotopic (exact) mass is 264 g/mol. The molecule has 0 N–H and O–H groups in total. The highest BCUT2D eigenvalue weighted by Crippen LogP contribution is 2.03. The molecule has 0 spiro atoms. The van der Waals surface area contributed by atoms with Crippen LogP contribution in [0.3, 0.4) is 0 Å². The summed E-state index contributed by atoms with van der Waals surface area (Å²) in [4.78, 5) is 0. The standard InChI is InChI=1S/C17H28O2/c1-4-7-10-11-12-13-14-17(18-15-8-5-2)19-16-9-6-3/h10-11,14H,4-9,15-16H2,1-3H3/b11-10+. The van der Waals surface area contributed by atoms with Gasteiger partial charge >= 0.3 is 0 Å². The summed E-state index contributed by atoms with van der Waals surface area (Å²) in [6, 6.07) is 0. The van der Waals surface area contributed by atoms with Crippen molar-refractivity contribution in [3.8, 4) is 11.8 Å². The lowest BCUT2D eigenvalue weighted by atomic mass is 10.3. The second-order valence-corrected chi connectivity index (χ2v) is 4.35. The molecule has 0 rings (SSSR count). The molecule has 0 amide bonds. The van der Waals surface area contributed by atoms with E-state index in [0.717, 1.165) is 38.5 Å². The molecule has 0 aromatic heterocycles. The topological polar surface area (TPSA) is 18.5 Å². The fourth-order valence-corrected chi connectivity index (χ4v) is 1.22. The maximum atomic E-state index is 5.57. The fourth-order valence-electron chi connectivity index (χ4n) is 1.22. The molecule has 0 aromatic carbocycles. The molecular weight excluding hydrogens is 236 g/mol. The minimum absolute atomic E-state index is 0.554. The van der Waals surface area contributed by atoms with E-state index in [-0.39, 0.29) is 0 Å². The van der Waals surface area contributed by atoms with Crippen LogP contribution in [0.2, 0.25) is 0 Å². The molecule has 0 saturated carbocycles. The Kier molecular flexibility index (Phi) is 13.6. The van der Waals surface area contributed by atoms with Crippen molar-refractivity contribution in [2.75, 3.05) is 13.2 Å². The lowest BCUT2D eigenvalue weighted by Gasteiger charge is -2.10. The summed E-state index contributed by atoms with van der Waals surface area (Å²) in [5.41, 5.74) is 0. The number of hydrogen-bond donors (Lipinski definition) is 0. The minimum atomic E-state index is 0.554. The van der Waals surface area contributed by atoms with Crippen LogP contribution in [0.25, 0.3) is 0 Å². The second kappa shape index (κ2) is 14.7. The highest BCUT2D eigenvalue weighted by molar-refractivity contribution is 5.23. The van der Waals surface area contributed by atoms with Crippen LogP contribution in [0.15, 0.2) is 24.2 Å². The molecule has 0 saturated heterocycles. The molecule has 0 aliphatic carbocycles. The van der Waals surface area contributed by atoms with E-state index in [1.54, 1.807) is 6.08 Å². The third kappa shape index (κ3) is 12.9. The third-order valence-electron chi connectivity index (χ3n) is 2.41. The van der Waals surface area contributed by atoms with E-state index in [9.17, 15) is 0 Å². The number of unbranched alkanes of at least 4 members (excludes halogenated alkanes) is 3. The van der Waals surface area contributed by atoms with Crippen molar-refractivity contribution in [2.45, 2.75) is 59.3 Å². The fraction of sp³-hybridized carbons (Fsp3) is 0.647. The molecule has 19 heavy (non-hydrogen) atoms. The van der Waals surface area contributed by atoms with Crippen molar-refractivity contribution in [2.24, 2.45) is 0 Å². The molecule has 108 valence electrons. The Morgan fingerprint density at radius 3 is 2.05 bits per heavy atom. The average molecular weight is 264 g/mol. The average Bonchev–Trinajstić information content (AvgIpc) is 2.42.